The normalized spacial score (nSPS) is 13.4. The average Bonchev–Trinajstić information content (AvgIpc) is 3.25. The van der Waals surface area contributed by atoms with Gasteiger partial charge in [0.1, 0.15) is 5.75 Å². The number of amides is 1. The van der Waals surface area contributed by atoms with E-state index >= 15 is 0 Å². The molecule has 4 aromatic rings. The van der Waals surface area contributed by atoms with Crippen LogP contribution in [0, 0.1) is 0 Å². The Morgan fingerprint density at radius 2 is 2.03 bits per heavy atom. The first-order chi connectivity index (χ1) is 18.0. The molecule has 9 nitrogen and oxygen atoms in total. The molecule has 3 heterocycles. The van der Waals surface area contributed by atoms with E-state index in [1.165, 1.54) is 11.8 Å². The zero-order valence-corrected chi connectivity index (χ0v) is 21.5. The van der Waals surface area contributed by atoms with Crippen molar-refractivity contribution in [1.29, 1.82) is 0 Å². The maximum absolute atomic E-state index is 11.7. The van der Waals surface area contributed by atoms with Crippen molar-refractivity contribution in [3.8, 4) is 17.0 Å². The van der Waals surface area contributed by atoms with Gasteiger partial charge in [-0.3, -0.25) is 4.79 Å². The van der Waals surface area contributed by atoms with Crippen molar-refractivity contribution < 1.29 is 9.53 Å². The molecule has 0 atom stereocenters. The summed E-state index contributed by atoms with van der Waals surface area (Å²) in [6.45, 7) is 7.42. The Kier molecular flexibility index (Phi) is 6.98. The van der Waals surface area contributed by atoms with Crippen LogP contribution in [-0.2, 0) is 11.8 Å². The minimum Gasteiger partial charge on any atom is -0.495 e. The van der Waals surface area contributed by atoms with Crippen LogP contribution in [0.2, 0.25) is 5.02 Å². The molecule has 1 saturated heterocycles. The lowest BCUT2D eigenvalue weighted by Crippen LogP contribution is -2.43. The van der Waals surface area contributed by atoms with Gasteiger partial charge in [-0.1, -0.05) is 24.2 Å². The van der Waals surface area contributed by atoms with E-state index in [0.29, 0.717) is 33.8 Å². The molecule has 3 N–H and O–H groups in total. The molecule has 0 saturated carbocycles. The summed E-state index contributed by atoms with van der Waals surface area (Å²) in [5.41, 5.74) is 5.01. The van der Waals surface area contributed by atoms with Crippen LogP contribution in [0.15, 0.2) is 61.4 Å². The Morgan fingerprint density at radius 3 is 2.78 bits per heavy atom. The van der Waals surface area contributed by atoms with Crippen LogP contribution in [0.3, 0.4) is 0 Å². The topological polar surface area (TPSA) is 96.3 Å². The number of hydrogen-bond acceptors (Lipinski definition) is 7. The van der Waals surface area contributed by atoms with Crippen LogP contribution in [0.5, 0.6) is 5.75 Å². The van der Waals surface area contributed by atoms with Crippen molar-refractivity contribution >= 4 is 51.4 Å². The molecular weight excluding hydrogens is 490 g/mol. The maximum Gasteiger partial charge on any atom is 0.247 e. The van der Waals surface area contributed by atoms with Gasteiger partial charge in [-0.15, -0.1) is 0 Å². The summed E-state index contributed by atoms with van der Waals surface area (Å²) in [6, 6.07) is 11.7. The molecule has 5 rings (SSSR count). The monoisotopic (exact) mass is 517 g/mol. The van der Waals surface area contributed by atoms with Crippen molar-refractivity contribution in [2.24, 2.45) is 7.05 Å². The average molecular weight is 518 g/mol. The lowest BCUT2D eigenvalue weighted by Gasteiger charge is -2.29. The van der Waals surface area contributed by atoms with Gasteiger partial charge in [-0.25, -0.2) is 9.97 Å². The van der Waals surface area contributed by atoms with Gasteiger partial charge in [0.25, 0.3) is 0 Å². The van der Waals surface area contributed by atoms with E-state index in [4.69, 9.17) is 21.3 Å². The molecule has 0 aliphatic carbocycles. The van der Waals surface area contributed by atoms with Gasteiger partial charge in [-0.2, -0.15) is 0 Å². The molecule has 0 bridgehead atoms. The number of aromatic nitrogens is 3. The number of piperazine rings is 1. The highest BCUT2D eigenvalue weighted by molar-refractivity contribution is 6.33. The quantitative estimate of drug-likeness (QED) is 0.309. The molecule has 37 heavy (non-hydrogen) atoms. The van der Waals surface area contributed by atoms with Gasteiger partial charge in [0.05, 0.1) is 35.2 Å². The summed E-state index contributed by atoms with van der Waals surface area (Å²) in [5, 5.41) is 10.8. The molecule has 1 aliphatic heterocycles. The summed E-state index contributed by atoms with van der Waals surface area (Å²) >= 11 is 6.59. The third-order valence-electron chi connectivity index (χ3n) is 6.35. The van der Waals surface area contributed by atoms with E-state index in [1.54, 1.807) is 31.5 Å². The van der Waals surface area contributed by atoms with Crippen molar-refractivity contribution in [2.75, 3.05) is 48.8 Å². The number of carbonyl (C=O) groups is 1. The number of benzene rings is 2. The summed E-state index contributed by atoms with van der Waals surface area (Å²) in [5.74, 6) is 0.610. The van der Waals surface area contributed by atoms with E-state index in [-0.39, 0.29) is 5.91 Å². The molecule has 1 aliphatic rings. The number of halogens is 1. The Hall–Kier alpha value is -4.08. The van der Waals surface area contributed by atoms with E-state index in [0.717, 1.165) is 42.6 Å². The fraction of sp³-hybridized carbons (Fsp3) is 0.222. The van der Waals surface area contributed by atoms with E-state index in [2.05, 4.69) is 55.2 Å². The molecular formula is C27H28ClN7O2. The molecule has 1 amide bonds. The van der Waals surface area contributed by atoms with Crippen LogP contribution in [0.25, 0.3) is 22.2 Å². The maximum atomic E-state index is 11.7. The van der Waals surface area contributed by atoms with E-state index in [1.807, 2.05) is 13.2 Å². The molecule has 0 spiro atoms. The Bertz CT molecular complexity index is 1480. The van der Waals surface area contributed by atoms with Gasteiger partial charge < -0.3 is 30.2 Å². The van der Waals surface area contributed by atoms with E-state index < -0.39 is 0 Å². The minimum absolute atomic E-state index is 0.308. The Labute approximate surface area is 220 Å². The highest BCUT2D eigenvalue weighted by Gasteiger charge is 2.18. The predicted molar refractivity (Wildman–Crippen MR) is 149 cm³/mol. The number of carbonyl (C=O) groups excluding carboxylic acids is 1. The number of aryl methyl sites for hydroxylation is 1. The van der Waals surface area contributed by atoms with Crippen LogP contribution < -0.4 is 25.6 Å². The van der Waals surface area contributed by atoms with Crippen LogP contribution in [0.1, 0.15) is 0 Å². The Balaban J connectivity index is 1.49. The van der Waals surface area contributed by atoms with Crippen LogP contribution in [-0.4, -0.2) is 53.7 Å². The third kappa shape index (κ3) is 5.09. The molecule has 10 heteroatoms. The summed E-state index contributed by atoms with van der Waals surface area (Å²) < 4.78 is 7.57. The number of methoxy groups -OCH3 is 1. The summed E-state index contributed by atoms with van der Waals surface area (Å²) in [4.78, 5) is 23.2. The third-order valence-corrected chi connectivity index (χ3v) is 6.63. The van der Waals surface area contributed by atoms with Gasteiger partial charge in [0.2, 0.25) is 11.9 Å². The van der Waals surface area contributed by atoms with Crippen molar-refractivity contribution in [3.05, 3.63) is 66.5 Å². The second-order valence-corrected chi connectivity index (χ2v) is 9.12. The summed E-state index contributed by atoms with van der Waals surface area (Å²) in [6.07, 6.45) is 4.83. The van der Waals surface area contributed by atoms with Gasteiger partial charge in [0.15, 0.2) is 0 Å². The fourth-order valence-electron chi connectivity index (χ4n) is 4.49. The van der Waals surface area contributed by atoms with Crippen LogP contribution in [0.4, 0.5) is 23.0 Å². The van der Waals surface area contributed by atoms with Gasteiger partial charge in [-0.05, 0) is 36.4 Å². The lowest BCUT2D eigenvalue weighted by molar-refractivity contribution is -0.111. The van der Waals surface area contributed by atoms with Crippen molar-refractivity contribution in [3.63, 3.8) is 0 Å². The van der Waals surface area contributed by atoms with Gasteiger partial charge >= 0.3 is 0 Å². The Morgan fingerprint density at radius 1 is 1.22 bits per heavy atom. The lowest BCUT2D eigenvalue weighted by atomic mass is 10.1. The zero-order chi connectivity index (χ0) is 25.9. The first-order valence-electron chi connectivity index (χ1n) is 11.9. The number of ether oxygens (including phenoxy) is 1. The second-order valence-electron chi connectivity index (χ2n) is 8.72. The smallest absolute Gasteiger partial charge is 0.247 e. The first kappa shape index (κ1) is 24.6. The standard InChI is InChI=1S/C27H28ClN7O2/c1-4-25(36)31-17-5-8-24(37-3)22(13-17)32-27-30-15-21(28)26(33-27)20-16-34(2)23-14-18(6-7-19(20)23)35-11-9-29-10-12-35/h4-8,13-16,29H,1,9-12H2,2-3H3,(H,31,36)(H,30,32,33). The molecule has 190 valence electrons. The minimum atomic E-state index is -0.308. The fourth-order valence-corrected chi connectivity index (χ4v) is 4.69. The summed E-state index contributed by atoms with van der Waals surface area (Å²) in [7, 11) is 3.59. The van der Waals surface area contributed by atoms with E-state index in [9.17, 15) is 4.79 Å². The second kappa shape index (κ2) is 10.5. The number of nitrogens with one attached hydrogen (secondary N) is 3. The van der Waals surface area contributed by atoms with Crippen molar-refractivity contribution in [2.45, 2.75) is 0 Å². The predicted octanol–water partition coefficient (Wildman–Crippen LogP) is 4.58. The number of nitrogens with zero attached hydrogens (tertiary/aromatic N) is 4. The zero-order valence-electron chi connectivity index (χ0n) is 20.7. The van der Waals surface area contributed by atoms with Crippen LogP contribution >= 0.6 is 11.6 Å². The van der Waals surface area contributed by atoms with Gasteiger partial charge in [0, 0.05) is 61.7 Å². The molecule has 2 aromatic carbocycles. The number of anilines is 4. The first-order valence-corrected chi connectivity index (χ1v) is 12.3. The SMILES string of the molecule is C=CC(=O)Nc1ccc(OC)c(Nc2ncc(Cl)c(-c3cn(C)c4cc(N5CCNCC5)ccc34)n2)c1. The molecule has 1 fully saturated rings. The number of rotatable bonds is 7. The number of hydrogen-bond donors (Lipinski definition) is 3. The molecule has 0 radical (unpaired) electrons. The number of fused-ring (bicyclic) bond motifs is 1. The molecule has 0 unspecified atom stereocenters. The highest BCUT2D eigenvalue weighted by Crippen LogP contribution is 2.36. The molecule has 2 aromatic heterocycles. The largest absolute Gasteiger partial charge is 0.495 e. The highest BCUT2D eigenvalue weighted by atomic mass is 35.5. The van der Waals surface area contributed by atoms with Crippen molar-refractivity contribution in [1.82, 2.24) is 19.9 Å².